The molecule has 0 aliphatic heterocycles. The molecule has 0 radical (unpaired) electrons. The van der Waals surface area contributed by atoms with E-state index in [-0.39, 0.29) is 0 Å². The van der Waals surface area contributed by atoms with Crippen LogP contribution in [0.2, 0.25) is 0 Å². The molecule has 0 unspecified atom stereocenters. The van der Waals surface area contributed by atoms with Gasteiger partial charge in [0.2, 0.25) is 0 Å². The third-order valence-corrected chi connectivity index (χ3v) is 4.92. The van der Waals surface area contributed by atoms with Crippen LogP contribution in [0.25, 0.3) is 0 Å². The molecule has 0 nitrogen and oxygen atoms in total. The molecule has 0 atom stereocenters. The van der Waals surface area contributed by atoms with E-state index in [4.69, 9.17) is 0 Å². The van der Waals surface area contributed by atoms with Gasteiger partial charge in [0, 0.05) is 0 Å². The van der Waals surface area contributed by atoms with Crippen LogP contribution in [-0.4, -0.2) is 0 Å². The first-order valence-electron chi connectivity index (χ1n) is 8.16. The summed E-state index contributed by atoms with van der Waals surface area (Å²) in [7, 11) is 0. The summed E-state index contributed by atoms with van der Waals surface area (Å²) in [6, 6.07) is 8.89. The second kappa shape index (κ2) is 6.36. The quantitative estimate of drug-likeness (QED) is 0.663. The minimum Gasteiger partial charge on any atom is -0.0991 e. The molecule has 1 aromatic rings. The van der Waals surface area contributed by atoms with E-state index in [1.807, 2.05) is 12.2 Å². The summed E-state index contributed by atoms with van der Waals surface area (Å²) in [5.74, 6) is 0.723. The Kier molecular flexibility index (Phi) is 4.29. The minimum absolute atomic E-state index is 0.723. The molecule has 112 valence electrons. The van der Waals surface area contributed by atoms with Crippen molar-refractivity contribution < 1.29 is 0 Å². The maximum Gasteiger partial charge on any atom is -0.00171 e. The first kappa shape index (κ1) is 14.8. The van der Waals surface area contributed by atoms with Gasteiger partial charge in [-0.3, -0.25) is 0 Å². The molecular weight excluding hydrogens is 264 g/mol. The van der Waals surface area contributed by atoms with Crippen LogP contribution in [0.5, 0.6) is 0 Å². The fourth-order valence-corrected chi connectivity index (χ4v) is 3.94. The van der Waals surface area contributed by atoms with Crippen molar-refractivity contribution in [1.29, 1.82) is 0 Å². The molecule has 0 heterocycles. The summed E-state index contributed by atoms with van der Waals surface area (Å²) in [6.07, 6.45) is 12.9. The second-order valence-electron chi connectivity index (χ2n) is 6.26. The van der Waals surface area contributed by atoms with Crippen LogP contribution in [0.3, 0.4) is 0 Å². The monoisotopic (exact) mass is 288 g/mol. The van der Waals surface area contributed by atoms with E-state index in [1.165, 1.54) is 46.3 Å². The molecular formula is C22H24. The van der Waals surface area contributed by atoms with Gasteiger partial charge >= 0.3 is 0 Å². The zero-order valence-corrected chi connectivity index (χ0v) is 13.4. The fourth-order valence-electron chi connectivity index (χ4n) is 3.94. The summed E-state index contributed by atoms with van der Waals surface area (Å²) in [6.45, 7) is 10.0. The first-order chi connectivity index (χ1) is 10.8. The van der Waals surface area contributed by atoms with Crippen LogP contribution in [0.15, 0.2) is 84.0 Å². The molecule has 2 aliphatic carbocycles. The number of rotatable bonds is 4. The van der Waals surface area contributed by atoms with Crippen molar-refractivity contribution in [3.05, 3.63) is 95.1 Å². The lowest BCUT2D eigenvalue weighted by Gasteiger charge is -2.13. The van der Waals surface area contributed by atoms with E-state index in [9.17, 15) is 0 Å². The van der Waals surface area contributed by atoms with Crippen LogP contribution in [0, 0.1) is 5.92 Å². The van der Waals surface area contributed by atoms with E-state index in [2.05, 4.69) is 56.5 Å². The maximum absolute atomic E-state index is 4.03. The molecule has 0 N–H and O–H groups in total. The summed E-state index contributed by atoms with van der Waals surface area (Å²) >= 11 is 0. The molecule has 22 heavy (non-hydrogen) atoms. The van der Waals surface area contributed by atoms with E-state index in [1.54, 1.807) is 0 Å². The summed E-state index contributed by atoms with van der Waals surface area (Å²) in [5, 5.41) is 0. The second-order valence-corrected chi connectivity index (χ2v) is 6.26. The predicted molar refractivity (Wildman–Crippen MR) is 95.8 cm³/mol. The van der Waals surface area contributed by atoms with Crippen molar-refractivity contribution >= 4 is 0 Å². The average molecular weight is 288 g/mol. The van der Waals surface area contributed by atoms with Crippen LogP contribution in [-0.2, 0) is 12.8 Å². The molecule has 1 aromatic carbocycles. The number of hydrogen-bond acceptors (Lipinski definition) is 0. The molecule has 0 saturated carbocycles. The molecule has 0 bridgehead atoms. The van der Waals surface area contributed by atoms with E-state index in [0.29, 0.717) is 0 Å². The Morgan fingerprint density at radius 2 is 1.82 bits per heavy atom. The van der Waals surface area contributed by atoms with Crippen molar-refractivity contribution in [2.45, 2.75) is 32.6 Å². The Bertz CT molecular complexity index is 670. The zero-order chi connectivity index (χ0) is 15.5. The molecule has 0 heteroatoms. The largest absolute Gasteiger partial charge is 0.0991 e. The fraction of sp³-hybridized carbons (Fsp3) is 0.273. The number of fused-ring (bicyclic) bond motifs is 1. The number of hydrogen-bond donors (Lipinski definition) is 0. The van der Waals surface area contributed by atoms with Crippen LogP contribution in [0.4, 0.5) is 0 Å². The topological polar surface area (TPSA) is 0 Å². The van der Waals surface area contributed by atoms with Crippen LogP contribution in [0.1, 0.15) is 30.9 Å². The Morgan fingerprint density at radius 3 is 2.36 bits per heavy atom. The van der Waals surface area contributed by atoms with Crippen LogP contribution < -0.4 is 0 Å². The summed E-state index contributed by atoms with van der Waals surface area (Å²) in [5.41, 5.74) is 8.77. The zero-order valence-electron chi connectivity index (χ0n) is 13.4. The van der Waals surface area contributed by atoms with Crippen LogP contribution >= 0.6 is 0 Å². The third kappa shape index (κ3) is 2.66. The van der Waals surface area contributed by atoms with Crippen molar-refractivity contribution in [1.82, 2.24) is 0 Å². The molecule has 0 spiro atoms. The van der Waals surface area contributed by atoms with Gasteiger partial charge in [-0.2, -0.15) is 0 Å². The molecule has 2 aliphatic rings. The molecule has 0 fully saturated rings. The number of benzene rings is 1. The standard InChI is InChI=1S/C22H24/c1-4-9-20-15-17(5-2)22(21(20)6-3)14-16-12-18-10-7-8-11-19(18)13-16/h4-11,16H,1-2,12-15H2,3H3/b20-9-,21-6+. The lowest BCUT2D eigenvalue weighted by Crippen LogP contribution is -2.02. The Hall–Kier alpha value is -2.08. The van der Waals surface area contributed by atoms with Crippen molar-refractivity contribution in [3.63, 3.8) is 0 Å². The molecule has 0 aromatic heterocycles. The summed E-state index contributed by atoms with van der Waals surface area (Å²) in [4.78, 5) is 0. The van der Waals surface area contributed by atoms with Gasteiger partial charge < -0.3 is 0 Å². The first-order valence-corrected chi connectivity index (χ1v) is 8.16. The van der Waals surface area contributed by atoms with Crippen molar-refractivity contribution in [2.24, 2.45) is 5.92 Å². The van der Waals surface area contributed by atoms with Gasteiger partial charge in [0.25, 0.3) is 0 Å². The van der Waals surface area contributed by atoms with E-state index < -0.39 is 0 Å². The van der Waals surface area contributed by atoms with Crippen molar-refractivity contribution in [3.8, 4) is 0 Å². The summed E-state index contributed by atoms with van der Waals surface area (Å²) < 4.78 is 0. The number of allylic oxidation sites excluding steroid dienone is 8. The average Bonchev–Trinajstić information content (AvgIpc) is 3.08. The van der Waals surface area contributed by atoms with Gasteiger partial charge in [0.15, 0.2) is 0 Å². The molecule has 0 amide bonds. The predicted octanol–water partition coefficient (Wildman–Crippen LogP) is 5.74. The Labute approximate surface area is 134 Å². The van der Waals surface area contributed by atoms with Crippen molar-refractivity contribution in [2.75, 3.05) is 0 Å². The van der Waals surface area contributed by atoms with Gasteiger partial charge in [-0.05, 0) is 71.9 Å². The minimum atomic E-state index is 0.723. The van der Waals surface area contributed by atoms with E-state index >= 15 is 0 Å². The lowest BCUT2D eigenvalue weighted by atomic mass is 9.91. The maximum atomic E-state index is 4.03. The Morgan fingerprint density at radius 1 is 1.14 bits per heavy atom. The lowest BCUT2D eigenvalue weighted by molar-refractivity contribution is 0.559. The van der Waals surface area contributed by atoms with Gasteiger partial charge in [-0.15, -0.1) is 0 Å². The SMILES string of the molecule is C=C/C=C1/CC(C=C)=C(CC2Cc3ccccc3C2)/C1=C/C. The smallest absolute Gasteiger partial charge is 0.00171 e. The molecule has 0 saturated heterocycles. The van der Waals surface area contributed by atoms with Gasteiger partial charge in [-0.25, -0.2) is 0 Å². The third-order valence-electron chi connectivity index (χ3n) is 4.92. The van der Waals surface area contributed by atoms with Gasteiger partial charge in [0.05, 0.1) is 0 Å². The normalized spacial score (nSPS) is 21.7. The molecule has 3 rings (SSSR count). The Balaban J connectivity index is 1.84. The highest BCUT2D eigenvalue weighted by molar-refractivity contribution is 5.60. The highest BCUT2D eigenvalue weighted by Crippen LogP contribution is 2.42. The highest BCUT2D eigenvalue weighted by Gasteiger charge is 2.27. The van der Waals surface area contributed by atoms with Gasteiger partial charge in [0.1, 0.15) is 0 Å². The van der Waals surface area contributed by atoms with Gasteiger partial charge in [-0.1, -0.05) is 61.7 Å². The highest BCUT2D eigenvalue weighted by atomic mass is 14.3. The van der Waals surface area contributed by atoms with E-state index in [0.717, 1.165) is 18.8 Å².